The molecule has 0 radical (unpaired) electrons. The summed E-state index contributed by atoms with van der Waals surface area (Å²) >= 11 is 0. The molecule has 0 N–H and O–H groups in total. The van der Waals surface area contributed by atoms with Gasteiger partial charge in [0.05, 0.1) is 10.5 Å². The Balaban J connectivity index is 2.05. The van der Waals surface area contributed by atoms with Gasteiger partial charge in [0.1, 0.15) is 6.29 Å². The minimum Gasteiger partial charge on any atom is -0.303 e. The number of hydrogen-bond acceptors (Lipinski definition) is 3. The molecule has 0 amide bonds. The van der Waals surface area contributed by atoms with Crippen LogP contribution < -0.4 is 0 Å². The topological polar surface area (TPSA) is 54.5 Å². The average molecular weight is 363 g/mol. The predicted octanol–water partition coefficient (Wildman–Crippen LogP) is 3.33. The first-order chi connectivity index (χ1) is 11.1. The fraction of sp³-hybridized carbons (Fsp3) is 0.562. The molecule has 0 spiro atoms. The van der Waals surface area contributed by atoms with E-state index in [4.69, 9.17) is 0 Å². The number of halogens is 3. The van der Waals surface area contributed by atoms with Crippen molar-refractivity contribution < 1.29 is 26.4 Å². The lowest BCUT2D eigenvalue weighted by atomic mass is 9.83. The molecule has 1 aliphatic rings. The standard InChI is InChI=1S/C16H20F3NO3S/c1-20(10-12-2-4-13(11-21)5-3-12)24(22,23)15-8-6-14(7-9-15)16(17,18)19/h6-9,11-13H,2-5,10H2,1H3/t12-,13-. The number of benzene rings is 1. The lowest BCUT2D eigenvalue weighted by Crippen LogP contribution is -2.33. The van der Waals surface area contributed by atoms with Gasteiger partial charge < -0.3 is 4.79 Å². The van der Waals surface area contributed by atoms with Gasteiger partial charge in [-0.2, -0.15) is 13.2 Å². The zero-order valence-corrected chi connectivity index (χ0v) is 14.1. The van der Waals surface area contributed by atoms with E-state index in [0.717, 1.165) is 56.2 Å². The molecule has 0 aliphatic heterocycles. The minimum absolute atomic E-state index is 0.0538. The van der Waals surface area contributed by atoms with Gasteiger partial charge in [-0.25, -0.2) is 12.7 Å². The molecule has 0 heterocycles. The van der Waals surface area contributed by atoms with Crippen LogP contribution in [0.3, 0.4) is 0 Å². The van der Waals surface area contributed by atoms with Crippen LogP contribution >= 0.6 is 0 Å². The summed E-state index contributed by atoms with van der Waals surface area (Å²) < 4.78 is 63.8. The number of nitrogens with zero attached hydrogens (tertiary/aromatic N) is 1. The summed E-state index contributed by atoms with van der Waals surface area (Å²) in [7, 11) is -2.39. The maximum atomic E-state index is 12.6. The van der Waals surface area contributed by atoms with Gasteiger partial charge in [0.15, 0.2) is 0 Å². The van der Waals surface area contributed by atoms with Gasteiger partial charge in [0.2, 0.25) is 10.0 Å². The fourth-order valence-corrected chi connectivity index (χ4v) is 4.21. The van der Waals surface area contributed by atoms with Gasteiger partial charge in [0.25, 0.3) is 0 Å². The highest BCUT2D eigenvalue weighted by atomic mass is 32.2. The quantitative estimate of drug-likeness (QED) is 0.754. The molecule has 0 unspecified atom stereocenters. The largest absolute Gasteiger partial charge is 0.416 e. The van der Waals surface area contributed by atoms with Crippen LogP contribution in [0.5, 0.6) is 0 Å². The Bertz CT molecular complexity index is 663. The van der Waals surface area contributed by atoms with E-state index >= 15 is 0 Å². The first-order valence-corrected chi connectivity index (χ1v) is 9.17. The zero-order chi connectivity index (χ0) is 18.0. The Morgan fingerprint density at radius 3 is 2.12 bits per heavy atom. The highest BCUT2D eigenvalue weighted by Gasteiger charge is 2.31. The molecular formula is C16H20F3NO3S. The number of carbonyl (C=O) groups is 1. The Kier molecular flexibility index (Phi) is 5.70. The van der Waals surface area contributed by atoms with E-state index in [9.17, 15) is 26.4 Å². The molecule has 1 fully saturated rings. The van der Waals surface area contributed by atoms with Crippen molar-refractivity contribution in [3.05, 3.63) is 29.8 Å². The van der Waals surface area contributed by atoms with E-state index in [1.54, 1.807) is 0 Å². The van der Waals surface area contributed by atoms with Crippen LogP contribution in [0.2, 0.25) is 0 Å². The molecule has 4 nitrogen and oxygen atoms in total. The number of alkyl halides is 3. The molecule has 0 bridgehead atoms. The number of rotatable bonds is 5. The summed E-state index contributed by atoms with van der Waals surface area (Å²) in [5, 5.41) is 0. The van der Waals surface area contributed by atoms with Crippen LogP contribution in [-0.2, 0) is 21.0 Å². The van der Waals surface area contributed by atoms with E-state index in [2.05, 4.69) is 0 Å². The second kappa shape index (κ2) is 7.23. The first-order valence-electron chi connectivity index (χ1n) is 7.73. The van der Waals surface area contributed by atoms with Crippen molar-refractivity contribution >= 4 is 16.3 Å². The van der Waals surface area contributed by atoms with E-state index in [1.165, 1.54) is 11.4 Å². The Hall–Kier alpha value is -1.41. The third-order valence-electron chi connectivity index (χ3n) is 4.49. The zero-order valence-electron chi connectivity index (χ0n) is 13.3. The second-order valence-corrected chi connectivity index (χ2v) is 8.27. The summed E-state index contributed by atoms with van der Waals surface area (Å²) in [5.41, 5.74) is -0.878. The highest BCUT2D eigenvalue weighted by Crippen LogP contribution is 2.31. The predicted molar refractivity (Wildman–Crippen MR) is 82.8 cm³/mol. The van der Waals surface area contributed by atoms with Crippen molar-refractivity contribution in [2.45, 2.75) is 36.8 Å². The number of sulfonamides is 1. The SMILES string of the molecule is CN(C[C@H]1CC[C@H](C=O)CC1)S(=O)(=O)c1ccc(C(F)(F)F)cc1. The Labute approximate surface area is 139 Å². The molecule has 1 aromatic carbocycles. The maximum Gasteiger partial charge on any atom is 0.416 e. The van der Waals surface area contributed by atoms with Gasteiger partial charge >= 0.3 is 6.18 Å². The first kappa shape index (κ1) is 18.9. The molecule has 1 aromatic rings. The molecular weight excluding hydrogens is 343 g/mol. The van der Waals surface area contributed by atoms with Crippen molar-refractivity contribution in [2.24, 2.45) is 11.8 Å². The summed E-state index contributed by atoms with van der Waals surface area (Å²) in [4.78, 5) is 10.6. The van der Waals surface area contributed by atoms with Gasteiger partial charge in [-0.15, -0.1) is 0 Å². The second-order valence-electron chi connectivity index (χ2n) is 6.22. The highest BCUT2D eigenvalue weighted by molar-refractivity contribution is 7.89. The molecule has 0 atom stereocenters. The van der Waals surface area contributed by atoms with Crippen LogP contribution in [0.15, 0.2) is 29.2 Å². The van der Waals surface area contributed by atoms with Gasteiger partial charge in [-0.3, -0.25) is 0 Å². The smallest absolute Gasteiger partial charge is 0.303 e. The molecule has 0 saturated heterocycles. The van der Waals surface area contributed by atoms with Crippen molar-refractivity contribution in [2.75, 3.05) is 13.6 Å². The molecule has 0 aromatic heterocycles. The number of aldehydes is 1. The molecule has 1 aliphatic carbocycles. The van der Waals surface area contributed by atoms with Gasteiger partial charge in [-0.05, 0) is 55.9 Å². The summed E-state index contributed by atoms with van der Waals surface area (Å²) in [5.74, 6) is 0.216. The molecule has 2 rings (SSSR count). The van der Waals surface area contributed by atoms with Crippen LogP contribution in [-0.4, -0.2) is 32.6 Å². The average Bonchev–Trinajstić information content (AvgIpc) is 2.54. The van der Waals surface area contributed by atoms with E-state index in [0.29, 0.717) is 6.54 Å². The van der Waals surface area contributed by atoms with Gasteiger partial charge in [0, 0.05) is 19.5 Å². The molecule has 8 heteroatoms. The van der Waals surface area contributed by atoms with Crippen LogP contribution in [0, 0.1) is 11.8 Å². The normalized spacial score (nSPS) is 22.5. The lowest BCUT2D eigenvalue weighted by molar-refractivity contribution is -0.137. The third kappa shape index (κ3) is 4.36. The fourth-order valence-electron chi connectivity index (χ4n) is 2.96. The molecule has 134 valence electrons. The maximum absolute atomic E-state index is 12.6. The van der Waals surface area contributed by atoms with Crippen molar-refractivity contribution in [1.82, 2.24) is 4.31 Å². The Morgan fingerprint density at radius 1 is 1.12 bits per heavy atom. The number of carbonyl (C=O) groups excluding carboxylic acids is 1. The summed E-state index contributed by atoms with van der Waals surface area (Å²) in [6.45, 7) is 0.301. The third-order valence-corrected chi connectivity index (χ3v) is 6.33. The van der Waals surface area contributed by atoms with Crippen molar-refractivity contribution in [1.29, 1.82) is 0 Å². The minimum atomic E-state index is -4.49. The van der Waals surface area contributed by atoms with Crippen molar-refractivity contribution in [3.8, 4) is 0 Å². The monoisotopic (exact) mass is 363 g/mol. The van der Waals surface area contributed by atoms with Gasteiger partial charge in [-0.1, -0.05) is 0 Å². The summed E-state index contributed by atoms with van der Waals surface area (Å²) in [6.07, 6.45) is -0.498. The number of hydrogen-bond donors (Lipinski definition) is 0. The summed E-state index contributed by atoms with van der Waals surface area (Å²) in [6, 6.07) is 3.52. The van der Waals surface area contributed by atoms with E-state index in [-0.39, 0.29) is 16.7 Å². The van der Waals surface area contributed by atoms with E-state index < -0.39 is 21.8 Å². The van der Waals surface area contributed by atoms with Crippen molar-refractivity contribution in [3.63, 3.8) is 0 Å². The Morgan fingerprint density at radius 2 is 1.67 bits per heavy atom. The molecule has 1 saturated carbocycles. The van der Waals surface area contributed by atoms with Crippen LogP contribution in [0.1, 0.15) is 31.2 Å². The van der Waals surface area contributed by atoms with Crippen LogP contribution in [0.4, 0.5) is 13.2 Å². The lowest BCUT2D eigenvalue weighted by Gasteiger charge is -2.29. The molecule has 24 heavy (non-hydrogen) atoms. The van der Waals surface area contributed by atoms with Crippen LogP contribution in [0.25, 0.3) is 0 Å². The van der Waals surface area contributed by atoms with E-state index in [1.807, 2.05) is 0 Å².